The van der Waals surface area contributed by atoms with Gasteiger partial charge >= 0.3 is 6.03 Å². The Labute approximate surface area is 178 Å². The summed E-state index contributed by atoms with van der Waals surface area (Å²) in [6.07, 6.45) is 4.42. The minimum absolute atomic E-state index is 0.131. The molecule has 0 radical (unpaired) electrons. The van der Waals surface area contributed by atoms with Gasteiger partial charge in [-0.2, -0.15) is 0 Å². The molecular weight excluding hydrogens is 378 g/mol. The number of nitrogens with zero attached hydrogens (tertiary/aromatic N) is 3. The number of piperidine rings is 3. The molecule has 2 atom stereocenters. The number of rotatable bonds is 2. The van der Waals surface area contributed by atoms with Gasteiger partial charge in [0.2, 0.25) is 0 Å². The lowest BCUT2D eigenvalue weighted by atomic mass is 9.71. The molecule has 160 valence electrons. The summed E-state index contributed by atoms with van der Waals surface area (Å²) in [7, 11) is 0. The molecule has 6 nitrogen and oxygen atoms in total. The molecule has 5 aliphatic heterocycles. The lowest BCUT2D eigenvalue weighted by Gasteiger charge is -2.48. The monoisotopic (exact) mass is 409 g/mol. The van der Waals surface area contributed by atoms with Crippen molar-refractivity contribution in [3.05, 3.63) is 29.8 Å². The van der Waals surface area contributed by atoms with E-state index in [0.29, 0.717) is 18.9 Å². The predicted octanol–water partition coefficient (Wildman–Crippen LogP) is 2.73. The first-order chi connectivity index (χ1) is 14.6. The largest absolute Gasteiger partial charge is 0.371 e. The van der Waals surface area contributed by atoms with Crippen LogP contribution in [-0.4, -0.2) is 73.6 Å². The second kappa shape index (κ2) is 7.26. The van der Waals surface area contributed by atoms with Crippen LogP contribution >= 0.6 is 0 Å². The molecule has 0 N–H and O–H groups in total. The van der Waals surface area contributed by atoms with Gasteiger partial charge in [0.05, 0.1) is 6.10 Å². The van der Waals surface area contributed by atoms with Crippen LogP contribution in [0.5, 0.6) is 0 Å². The number of fused-ring (bicyclic) bond motifs is 3. The fourth-order valence-electron chi connectivity index (χ4n) is 6.23. The summed E-state index contributed by atoms with van der Waals surface area (Å²) in [5.41, 5.74) is 2.70. The van der Waals surface area contributed by atoms with Gasteiger partial charge in [0.15, 0.2) is 5.78 Å². The lowest BCUT2D eigenvalue weighted by molar-refractivity contribution is -0.140. The van der Waals surface area contributed by atoms with Crippen molar-refractivity contribution in [2.24, 2.45) is 17.8 Å². The Bertz CT molecular complexity index is 819. The van der Waals surface area contributed by atoms with Gasteiger partial charge in [-0.25, -0.2) is 4.79 Å². The van der Waals surface area contributed by atoms with Crippen molar-refractivity contribution in [3.8, 4) is 0 Å². The van der Waals surface area contributed by atoms with Gasteiger partial charge in [-0.3, -0.25) is 4.79 Å². The summed E-state index contributed by atoms with van der Waals surface area (Å²) in [6.45, 7) is 5.68. The van der Waals surface area contributed by atoms with E-state index in [-0.39, 0.29) is 30.4 Å². The first kappa shape index (κ1) is 18.7. The molecule has 0 unspecified atom stereocenters. The van der Waals surface area contributed by atoms with Crippen LogP contribution in [0.1, 0.15) is 37.2 Å². The van der Waals surface area contributed by atoms with E-state index in [1.54, 1.807) is 0 Å². The van der Waals surface area contributed by atoms with E-state index in [9.17, 15) is 9.59 Å². The number of ketones is 1. The Morgan fingerprint density at radius 3 is 2.40 bits per heavy atom. The predicted molar refractivity (Wildman–Crippen MR) is 114 cm³/mol. The van der Waals surface area contributed by atoms with Crippen molar-refractivity contribution >= 4 is 17.5 Å². The third-order valence-electron chi connectivity index (χ3n) is 8.06. The minimum atomic E-state index is 0.131. The summed E-state index contributed by atoms with van der Waals surface area (Å²) in [4.78, 5) is 31.1. The van der Waals surface area contributed by atoms with Crippen molar-refractivity contribution in [2.45, 2.75) is 37.7 Å². The summed E-state index contributed by atoms with van der Waals surface area (Å²) in [6, 6.07) is 9.20. The van der Waals surface area contributed by atoms with E-state index in [1.807, 2.05) is 9.80 Å². The molecule has 2 bridgehead atoms. The van der Waals surface area contributed by atoms with E-state index in [1.165, 1.54) is 37.2 Å². The highest BCUT2D eigenvalue weighted by Crippen LogP contribution is 2.41. The quantitative estimate of drug-likeness (QED) is 0.754. The van der Waals surface area contributed by atoms with Gasteiger partial charge in [0.25, 0.3) is 0 Å². The Balaban J connectivity index is 1.02. The number of amides is 2. The highest BCUT2D eigenvalue weighted by molar-refractivity contribution is 5.81. The Morgan fingerprint density at radius 2 is 1.67 bits per heavy atom. The Kier molecular flexibility index (Phi) is 4.52. The Hall–Kier alpha value is -2.08. The van der Waals surface area contributed by atoms with Crippen LogP contribution in [0.15, 0.2) is 24.3 Å². The fourth-order valence-corrected chi connectivity index (χ4v) is 6.23. The van der Waals surface area contributed by atoms with Gasteiger partial charge in [0, 0.05) is 63.2 Å². The van der Waals surface area contributed by atoms with Crippen molar-refractivity contribution < 1.29 is 14.3 Å². The molecule has 5 heterocycles. The molecule has 1 aromatic rings. The van der Waals surface area contributed by atoms with E-state index >= 15 is 0 Å². The molecule has 5 saturated heterocycles. The van der Waals surface area contributed by atoms with Gasteiger partial charge < -0.3 is 19.4 Å². The number of Topliss-reactive ketones (excluding diaryl/α,β-unsaturated/α-hetero) is 1. The molecule has 0 spiro atoms. The number of hydrogen-bond acceptors (Lipinski definition) is 4. The fraction of sp³-hybridized carbons (Fsp3) is 0.667. The number of urea groups is 1. The van der Waals surface area contributed by atoms with E-state index in [4.69, 9.17) is 4.74 Å². The number of hydrogen-bond donors (Lipinski definition) is 0. The maximum absolute atomic E-state index is 12.9. The first-order valence-electron chi connectivity index (χ1n) is 11.6. The van der Waals surface area contributed by atoms with E-state index in [0.717, 1.165) is 37.9 Å². The molecule has 30 heavy (non-hydrogen) atoms. The molecular formula is C24H31N3O3. The summed E-state index contributed by atoms with van der Waals surface area (Å²) in [5.74, 6) is 2.61. The van der Waals surface area contributed by atoms with E-state index < -0.39 is 0 Å². The second-order valence-electron chi connectivity index (χ2n) is 10.2. The second-order valence-corrected chi connectivity index (χ2v) is 10.2. The van der Waals surface area contributed by atoms with E-state index in [2.05, 4.69) is 29.2 Å². The number of ether oxygens (including phenoxy) is 1. The smallest absolute Gasteiger partial charge is 0.320 e. The van der Waals surface area contributed by atoms with Gasteiger partial charge in [-0.15, -0.1) is 0 Å². The van der Waals surface area contributed by atoms with Crippen molar-refractivity contribution in [2.75, 3.05) is 50.8 Å². The maximum Gasteiger partial charge on any atom is 0.320 e. The van der Waals surface area contributed by atoms with Gasteiger partial charge in [-0.1, -0.05) is 12.1 Å². The van der Waals surface area contributed by atoms with Gasteiger partial charge in [-0.05, 0) is 48.8 Å². The molecule has 6 fully saturated rings. The first-order valence-corrected chi connectivity index (χ1v) is 11.6. The number of likely N-dealkylation sites (tertiary alicyclic amines) is 2. The number of carbonyl (C=O) groups is 2. The van der Waals surface area contributed by atoms with Crippen LogP contribution < -0.4 is 4.90 Å². The van der Waals surface area contributed by atoms with Gasteiger partial charge in [0.1, 0.15) is 6.61 Å². The molecule has 2 amide bonds. The van der Waals surface area contributed by atoms with Crippen LogP contribution in [0.25, 0.3) is 0 Å². The number of anilines is 1. The topological polar surface area (TPSA) is 53.1 Å². The summed E-state index contributed by atoms with van der Waals surface area (Å²) in [5, 5.41) is 0. The molecule has 6 aliphatic rings. The minimum Gasteiger partial charge on any atom is -0.371 e. The zero-order valence-corrected chi connectivity index (χ0v) is 17.5. The number of carbonyl (C=O) groups excluding carboxylic acids is 2. The average molecular weight is 410 g/mol. The molecule has 1 aromatic carbocycles. The zero-order valence-electron chi connectivity index (χ0n) is 17.5. The third kappa shape index (κ3) is 3.29. The van der Waals surface area contributed by atoms with Crippen molar-refractivity contribution in [1.82, 2.24) is 9.80 Å². The molecule has 7 rings (SSSR count). The molecule has 0 aromatic heterocycles. The zero-order chi connectivity index (χ0) is 20.2. The van der Waals surface area contributed by atoms with Crippen LogP contribution in [0.4, 0.5) is 10.5 Å². The third-order valence-corrected chi connectivity index (χ3v) is 8.06. The highest BCUT2D eigenvalue weighted by Gasteiger charge is 2.41. The standard InChI is InChI=1S/C24H31N3O3/c28-22-9-19-12-25(6-5-23(19)30-15-22)24(29)27-13-20(14-27)18-1-3-21(4-2-18)26-10-16-7-17(8-16)11-26/h1-4,16-17,19-20,23H,5-15H2/t16?,17?,19-,23+/m1/s1. The maximum atomic E-state index is 12.9. The lowest BCUT2D eigenvalue weighted by Crippen LogP contribution is -2.58. The summed E-state index contributed by atoms with van der Waals surface area (Å²) >= 11 is 0. The molecule has 1 saturated carbocycles. The number of benzene rings is 1. The van der Waals surface area contributed by atoms with Crippen LogP contribution in [0.3, 0.4) is 0 Å². The molecule has 6 heteroatoms. The van der Waals surface area contributed by atoms with Crippen LogP contribution in [0.2, 0.25) is 0 Å². The SMILES string of the molecule is O=C1CO[C@H]2CCN(C(=O)N3CC(c4ccc(N5CC6CC(C6)C5)cc4)C3)C[C@H]2C1. The van der Waals surface area contributed by atoms with Crippen molar-refractivity contribution in [1.29, 1.82) is 0 Å². The van der Waals surface area contributed by atoms with Crippen molar-refractivity contribution in [3.63, 3.8) is 0 Å². The van der Waals surface area contributed by atoms with Crippen LogP contribution in [-0.2, 0) is 9.53 Å². The molecule has 1 aliphatic carbocycles. The van der Waals surface area contributed by atoms with Crippen LogP contribution in [0, 0.1) is 17.8 Å². The summed E-state index contributed by atoms with van der Waals surface area (Å²) < 4.78 is 5.65. The average Bonchev–Trinajstić information content (AvgIpc) is 2.72. The normalized spacial score (nSPS) is 33.6. The Morgan fingerprint density at radius 1 is 0.933 bits per heavy atom. The highest BCUT2D eigenvalue weighted by atomic mass is 16.5.